The molecule has 0 atom stereocenters. The topological polar surface area (TPSA) is 106 Å². The quantitative estimate of drug-likeness (QED) is 0.701. The summed E-state index contributed by atoms with van der Waals surface area (Å²) in [7, 11) is -7.77. The third-order valence-electron chi connectivity index (χ3n) is 3.72. The van der Waals surface area contributed by atoms with E-state index in [9.17, 15) is 16.8 Å². The summed E-state index contributed by atoms with van der Waals surface area (Å²) in [6.45, 7) is 0. The SMILES string of the molecule is NS(=O)(=O)c1ccc(S(=O)(=O)Nc2ccccc2-c2ccccc2)cc1. The zero-order chi connectivity index (χ0) is 18.8. The van der Waals surface area contributed by atoms with E-state index in [4.69, 9.17) is 5.14 Å². The van der Waals surface area contributed by atoms with Crippen LogP contribution in [-0.4, -0.2) is 16.8 Å². The second kappa shape index (κ2) is 6.91. The molecule has 26 heavy (non-hydrogen) atoms. The van der Waals surface area contributed by atoms with Crippen LogP contribution < -0.4 is 9.86 Å². The molecule has 0 fully saturated rings. The van der Waals surface area contributed by atoms with Crippen molar-refractivity contribution in [1.82, 2.24) is 0 Å². The van der Waals surface area contributed by atoms with Crippen molar-refractivity contribution in [3.05, 3.63) is 78.9 Å². The van der Waals surface area contributed by atoms with Gasteiger partial charge in [-0.3, -0.25) is 4.72 Å². The number of hydrogen-bond donors (Lipinski definition) is 2. The smallest absolute Gasteiger partial charge is 0.261 e. The summed E-state index contributed by atoms with van der Waals surface area (Å²) in [5.74, 6) is 0. The van der Waals surface area contributed by atoms with Gasteiger partial charge >= 0.3 is 0 Å². The molecule has 0 saturated heterocycles. The Kier molecular flexibility index (Phi) is 4.82. The fourth-order valence-corrected chi connectivity index (χ4v) is 4.05. The number of hydrogen-bond acceptors (Lipinski definition) is 4. The maximum Gasteiger partial charge on any atom is 0.261 e. The molecule has 0 amide bonds. The van der Waals surface area contributed by atoms with Gasteiger partial charge in [0.1, 0.15) is 0 Å². The van der Waals surface area contributed by atoms with Crippen molar-refractivity contribution in [3.63, 3.8) is 0 Å². The lowest BCUT2D eigenvalue weighted by Crippen LogP contribution is -2.15. The number of nitrogens with two attached hydrogens (primary N) is 1. The molecule has 0 aromatic heterocycles. The highest BCUT2D eigenvalue weighted by molar-refractivity contribution is 7.92. The van der Waals surface area contributed by atoms with E-state index in [1.54, 1.807) is 12.1 Å². The maximum absolute atomic E-state index is 12.7. The summed E-state index contributed by atoms with van der Waals surface area (Å²) in [6.07, 6.45) is 0. The molecule has 0 spiro atoms. The fourth-order valence-electron chi connectivity index (χ4n) is 2.45. The highest BCUT2D eigenvalue weighted by atomic mass is 32.2. The zero-order valence-corrected chi connectivity index (χ0v) is 15.2. The first kappa shape index (κ1) is 18.1. The van der Waals surface area contributed by atoms with Crippen LogP contribution in [0.2, 0.25) is 0 Å². The van der Waals surface area contributed by atoms with E-state index in [0.717, 1.165) is 23.3 Å². The van der Waals surface area contributed by atoms with Crippen molar-refractivity contribution in [1.29, 1.82) is 0 Å². The molecule has 0 aliphatic heterocycles. The van der Waals surface area contributed by atoms with Crippen LogP contribution in [-0.2, 0) is 20.0 Å². The Bertz CT molecular complexity index is 1130. The van der Waals surface area contributed by atoms with Gasteiger partial charge in [-0.25, -0.2) is 22.0 Å². The Hall–Kier alpha value is -2.68. The Labute approximate surface area is 152 Å². The molecular weight excluding hydrogens is 372 g/mol. The summed E-state index contributed by atoms with van der Waals surface area (Å²) in [5, 5.41) is 5.03. The molecule has 0 aliphatic carbocycles. The standard InChI is InChI=1S/C18H16N2O4S2/c19-25(21,22)15-10-12-16(13-11-15)26(23,24)20-18-9-5-4-8-17(18)14-6-2-1-3-7-14/h1-13,20H,(H2,19,21,22). The van der Waals surface area contributed by atoms with E-state index in [-0.39, 0.29) is 9.79 Å². The average molecular weight is 388 g/mol. The highest BCUT2D eigenvalue weighted by Crippen LogP contribution is 2.29. The van der Waals surface area contributed by atoms with Crippen LogP contribution in [0, 0.1) is 0 Å². The fraction of sp³-hybridized carbons (Fsp3) is 0. The lowest BCUT2D eigenvalue weighted by molar-refractivity contribution is 0.595. The van der Waals surface area contributed by atoms with Crippen molar-refractivity contribution in [2.75, 3.05) is 4.72 Å². The molecular formula is C18H16N2O4S2. The molecule has 3 aromatic carbocycles. The van der Waals surface area contributed by atoms with E-state index in [1.165, 1.54) is 12.1 Å². The van der Waals surface area contributed by atoms with Crippen molar-refractivity contribution in [3.8, 4) is 11.1 Å². The predicted octanol–water partition coefficient (Wildman–Crippen LogP) is 2.80. The molecule has 3 N–H and O–H groups in total. The third kappa shape index (κ3) is 3.93. The number of para-hydroxylation sites is 1. The van der Waals surface area contributed by atoms with Gasteiger partial charge < -0.3 is 0 Å². The molecule has 0 aliphatic rings. The van der Waals surface area contributed by atoms with E-state index in [0.29, 0.717) is 5.69 Å². The minimum Gasteiger partial charge on any atom is -0.279 e. The second-order valence-corrected chi connectivity index (χ2v) is 8.78. The van der Waals surface area contributed by atoms with Crippen LogP contribution in [0.4, 0.5) is 5.69 Å². The van der Waals surface area contributed by atoms with Crippen molar-refractivity contribution < 1.29 is 16.8 Å². The van der Waals surface area contributed by atoms with Crippen LogP contribution in [0.3, 0.4) is 0 Å². The number of sulfonamides is 2. The van der Waals surface area contributed by atoms with Crippen LogP contribution in [0.1, 0.15) is 0 Å². The van der Waals surface area contributed by atoms with Gasteiger partial charge in [0.15, 0.2) is 0 Å². The molecule has 3 aromatic rings. The molecule has 8 heteroatoms. The lowest BCUT2D eigenvalue weighted by atomic mass is 10.0. The van der Waals surface area contributed by atoms with Crippen LogP contribution in [0.25, 0.3) is 11.1 Å². The van der Waals surface area contributed by atoms with E-state index in [2.05, 4.69) is 4.72 Å². The Morgan fingerprint density at radius 3 is 1.81 bits per heavy atom. The third-order valence-corrected chi connectivity index (χ3v) is 6.03. The van der Waals surface area contributed by atoms with Gasteiger partial charge in [0.25, 0.3) is 10.0 Å². The summed E-state index contributed by atoms with van der Waals surface area (Å²) >= 11 is 0. The monoisotopic (exact) mass is 388 g/mol. The Morgan fingerprint density at radius 1 is 0.654 bits per heavy atom. The summed E-state index contributed by atoms with van der Waals surface area (Å²) < 4.78 is 50.5. The predicted molar refractivity (Wildman–Crippen MR) is 101 cm³/mol. The molecule has 6 nitrogen and oxygen atoms in total. The van der Waals surface area contributed by atoms with Crippen molar-refractivity contribution in [2.24, 2.45) is 5.14 Å². The molecule has 0 heterocycles. The Balaban J connectivity index is 1.96. The molecule has 0 unspecified atom stereocenters. The van der Waals surface area contributed by atoms with Gasteiger partial charge in [-0.15, -0.1) is 0 Å². The minimum atomic E-state index is -3.89. The zero-order valence-electron chi connectivity index (χ0n) is 13.5. The maximum atomic E-state index is 12.7. The van der Waals surface area contributed by atoms with Crippen LogP contribution >= 0.6 is 0 Å². The molecule has 0 bridgehead atoms. The van der Waals surface area contributed by atoms with E-state index >= 15 is 0 Å². The average Bonchev–Trinajstić information content (AvgIpc) is 2.62. The first-order valence-electron chi connectivity index (χ1n) is 7.57. The first-order valence-corrected chi connectivity index (χ1v) is 10.6. The van der Waals surface area contributed by atoms with Gasteiger partial charge in [0.05, 0.1) is 15.5 Å². The summed E-state index contributed by atoms with van der Waals surface area (Å²) in [4.78, 5) is -0.214. The van der Waals surface area contributed by atoms with Gasteiger partial charge in [-0.1, -0.05) is 48.5 Å². The van der Waals surface area contributed by atoms with Gasteiger partial charge in [-0.05, 0) is 35.9 Å². The van der Waals surface area contributed by atoms with Crippen LogP contribution in [0.15, 0.2) is 88.7 Å². The lowest BCUT2D eigenvalue weighted by Gasteiger charge is -2.13. The van der Waals surface area contributed by atoms with Gasteiger partial charge in [0, 0.05) is 5.56 Å². The number of rotatable bonds is 5. The molecule has 0 saturated carbocycles. The van der Waals surface area contributed by atoms with Gasteiger partial charge in [0.2, 0.25) is 10.0 Å². The molecule has 0 radical (unpaired) electrons. The normalized spacial score (nSPS) is 11.9. The Morgan fingerprint density at radius 2 is 1.19 bits per heavy atom. The number of nitrogens with one attached hydrogen (secondary N) is 1. The van der Waals surface area contributed by atoms with Crippen molar-refractivity contribution >= 4 is 25.7 Å². The second-order valence-electron chi connectivity index (χ2n) is 5.53. The van der Waals surface area contributed by atoms with E-state index < -0.39 is 20.0 Å². The van der Waals surface area contributed by atoms with Gasteiger partial charge in [-0.2, -0.15) is 0 Å². The highest BCUT2D eigenvalue weighted by Gasteiger charge is 2.17. The number of primary sulfonamides is 1. The van der Waals surface area contributed by atoms with E-state index in [1.807, 2.05) is 42.5 Å². The van der Waals surface area contributed by atoms with Crippen LogP contribution in [0.5, 0.6) is 0 Å². The molecule has 3 rings (SSSR count). The number of benzene rings is 3. The summed E-state index contributed by atoms with van der Waals surface area (Å²) in [5.41, 5.74) is 2.03. The molecule has 134 valence electrons. The first-order chi connectivity index (χ1) is 12.3. The summed E-state index contributed by atoms with van der Waals surface area (Å²) in [6, 6.07) is 21.1. The van der Waals surface area contributed by atoms with Crippen molar-refractivity contribution in [2.45, 2.75) is 9.79 Å². The number of anilines is 1. The largest absolute Gasteiger partial charge is 0.279 e. The minimum absolute atomic E-state index is 0.0623.